The van der Waals surface area contributed by atoms with Gasteiger partial charge in [-0.15, -0.1) is 0 Å². The van der Waals surface area contributed by atoms with Gasteiger partial charge in [0.2, 0.25) is 5.89 Å². The normalized spacial score (nSPS) is 12.2. The summed E-state index contributed by atoms with van der Waals surface area (Å²) < 4.78 is 5.68. The van der Waals surface area contributed by atoms with Crippen LogP contribution in [0.1, 0.15) is 27.9 Å². The van der Waals surface area contributed by atoms with E-state index in [2.05, 4.69) is 27.3 Å². The van der Waals surface area contributed by atoms with Crippen molar-refractivity contribution in [2.45, 2.75) is 13.0 Å². The number of likely N-dealkylation sites (N-methyl/N-ethyl adjacent to an activating group) is 1. The Kier molecular flexibility index (Phi) is 5.49. The van der Waals surface area contributed by atoms with Crippen molar-refractivity contribution in [1.29, 1.82) is 0 Å². The van der Waals surface area contributed by atoms with Gasteiger partial charge >= 0.3 is 0 Å². The topological polar surface area (TPSA) is 58.4 Å². The fourth-order valence-corrected chi connectivity index (χ4v) is 2.86. The molecule has 1 N–H and O–H groups in total. The zero-order chi connectivity index (χ0) is 18.5. The first-order valence-electron chi connectivity index (χ1n) is 8.58. The van der Waals surface area contributed by atoms with Crippen LogP contribution in [0, 0.1) is 6.92 Å². The summed E-state index contributed by atoms with van der Waals surface area (Å²) in [5, 5.41) is 2.98. The molecule has 0 radical (unpaired) electrons. The molecule has 1 unspecified atom stereocenters. The van der Waals surface area contributed by atoms with Crippen LogP contribution in [0.25, 0.3) is 11.5 Å². The summed E-state index contributed by atoms with van der Waals surface area (Å²) in [6, 6.07) is 19.8. The van der Waals surface area contributed by atoms with Crippen molar-refractivity contribution in [2.24, 2.45) is 0 Å². The van der Waals surface area contributed by atoms with Gasteiger partial charge in [-0.05, 0) is 38.7 Å². The van der Waals surface area contributed by atoms with E-state index in [0.29, 0.717) is 23.9 Å². The quantitative estimate of drug-likeness (QED) is 0.737. The second kappa shape index (κ2) is 7.97. The molecule has 0 aliphatic carbocycles. The molecule has 5 heteroatoms. The van der Waals surface area contributed by atoms with Crippen LogP contribution in [0.2, 0.25) is 0 Å². The van der Waals surface area contributed by atoms with Crippen LogP contribution in [-0.2, 0) is 0 Å². The minimum Gasteiger partial charge on any atom is -0.441 e. The van der Waals surface area contributed by atoms with Gasteiger partial charge in [0.1, 0.15) is 5.76 Å². The molecule has 0 aliphatic heterocycles. The average molecular weight is 349 g/mol. The van der Waals surface area contributed by atoms with Crippen molar-refractivity contribution >= 4 is 5.91 Å². The molecule has 5 nitrogen and oxygen atoms in total. The fraction of sp³-hybridized carbons (Fsp3) is 0.238. The number of nitrogens with one attached hydrogen (secondary N) is 1. The molecule has 0 bridgehead atoms. The van der Waals surface area contributed by atoms with Crippen LogP contribution in [0.5, 0.6) is 0 Å². The van der Waals surface area contributed by atoms with Crippen LogP contribution in [0.4, 0.5) is 0 Å². The third-order valence-corrected chi connectivity index (χ3v) is 4.30. The molecule has 0 fully saturated rings. The van der Waals surface area contributed by atoms with Crippen LogP contribution in [-0.4, -0.2) is 36.4 Å². The number of hydrogen-bond donors (Lipinski definition) is 1. The van der Waals surface area contributed by atoms with E-state index in [1.165, 1.54) is 0 Å². The first kappa shape index (κ1) is 17.9. The highest BCUT2D eigenvalue weighted by Gasteiger charge is 2.20. The van der Waals surface area contributed by atoms with Crippen molar-refractivity contribution in [3.8, 4) is 11.5 Å². The number of nitrogens with zero attached hydrogens (tertiary/aromatic N) is 2. The summed E-state index contributed by atoms with van der Waals surface area (Å²) in [4.78, 5) is 19.1. The van der Waals surface area contributed by atoms with Crippen LogP contribution in [0.3, 0.4) is 0 Å². The molecule has 1 aromatic heterocycles. The lowest BCUT2D eigenvalue weighted by Gasteiger charge is -2.25. The van der Waals surface area contributed by atoms with E-state index < -0.39 is 0 Å². The van der Waals surface area contributed by atoms with Gasteiger partial charge in [0.15, 0.2) is 5.69 Å². The van der Waals surface area contributed by atoms with Crippen molar-refractivity contribution in [1.82, 2.24) is 15.2 Å². The largest absolute Gasteiger partial charge is 0.441 e. The lowest BCUT2D eigenvalue weighted by atomic mass is 10.1. The number of benzene rings is 2. The third-order valence-electron chi connectivity index (χ3n) is 4.30. The molecule has 1 amide bonds. The number of rotatable bonds is 6. The molecule has 1 atom stereocenters. The van der Waals surface area contributed by atoms with Crippen molar-refractivity contribution < 1.29 is 9.21 Å². The summed E-state index contributed by atoms with van der Waals surface area (Å²) in [5.74, 6) is 0.749. The number of hydrogen-bond acceptors (Lipinski definition) is 4. The van der Waals surface area contributed by atoms with Crippen molar-refractivity contribution in [2.75, 3.05) is 20.6 Å². The Morgan fingerprint density at radius 3 is 2.31 bits per heavy atom. The highest BCUT2D eigenvalue weighted by atomic mass is 16.4. The summed E-state index contributed by atoms with van der Waals surface area (Å²) in [6.45, 7) is 2.25. The molecule has 3 rings (SSSR count). The van der Waals surface area contributed by atoms with Gasteiger partial charge in [-0.3, -0.25) is 4.79 Å². The van der Waals surface area contributed by atoms with Crippen molar-refractivity contribution in [3.63, 3.8) is 0 Å². The molecule has 26 heavy (non-hydrogen) atoms. The molecule has 0 aliphatic rings. The smallest absolute Gasteiger partial charge is 0.273 e. The van der Waals surface area contributed by atoms with Gasteiger partial charge in [0.05, 0.1) is 6.04 Å². The number of carbonyl (C=O) groups is 1. The first-order chi connectivity index (χ1) is 12.6. The van der Waals surface area contributed by atoms with Gasteiger partial charge in [0.25, 0.3) is 5.91 Å². The maximum Gasteiger partial charge on any atom is 0.273 e. The zero-order valence-electron chi connectivity index (χ0n) is 15.3. The van der Waals surface area contributed by atoms with E-state index in [4.69, 9.17) is 4.42 Å². The molecule has 0 saturated carbocycles. The van der Waals surface area contributed by atoms with Gasteiger partial charge in [-0.2, -0.15) is 0 Å². The van der Waals surface area contributed by atoms with E-state index in [1.807, 2.05) is 62.6 Å². The summed E-state index contributed by atoms with van der Waals surface area (Å²) in [5.41, 5.74) is 2.33. The average Bonchev–Trinajstić information content (AvgIpc) is 3.05. The Bertz CT molecular complexity index is 857. The SMILES string of the molecule is Cc1oc(-c2ccccc2)nc1C(=O)NCC(c1ccccc1)N(C)C. The minimum atomic E-state index is -0.226. The predicted octanol–water partition coefficient (Wildman–Crippen LogP) is 3.68. The highest BCUT2D eigenvalue weighted by molar-refractivity contribution is 5.93. The number of aryl methyl sites for hydroxylation is 1. The van der Waals surface area contributed by atoms with E-state index in [9.17, 15) is 4.79 Å². The maximum atomic E-state index is 12.6. The van der Waals surface area contributed by atoms with Gasteiger partial charge in [-0.1, -0.05) is 48.5 Å². The standard InChI is InChI=1S/C21H23N3O2/c1-15-19(23-21(26-15)17-12-8-5-9-13-17)20(25)22-14-18(24(2)3)16-10-6-4-7-11-16/h4-13,18H,14H2,1-3H3,(H,22,25). The Morgan fingerprint density at radius 1 is 1.08 bits per heavy atom. The molecule has 3 aromatic rings. The van der Waals surface area contributed by atoms with Gasteiger partial charge < -0.3 is 14.6 Å². The Morgan fingerprint density at radius 2 is 1.69 bits per heavy atom. The summed E-state index contributed by atoms with van der Waals surface area (Å²) in [7, 11) is 4.00. The number of amides is 1. The highest BCUT2D eigenvalue weighted by Crippen LogP contribution is 2.22. The van der Waals surface area contributed by atoms with Crippen LogP contribution < -0.4 is 5.32 Å². The lowest BCUT2D eigenvalue weighted by Crippen LogP contribution is -2.34. The lowest BCUT2D eigenvalue weighted by molar-refractivity contribution is 0.0936. The van der Waals surface area contributed by atoms with E-state index >= 15 is 0 Å². The second-order valence-electron chi connectivity index (χ2n) is 6.39. The monoisotopic (exact) mass is 349 g/mol. The minimum absolute atomic E-state index is 0.0842. The number of carbonyl (C=O) groups excluding carboxylic acids is 1. The van der Waals surface area contributed by atoms with Crippen LogP contribution in [0.15, 0.2) is 65.1 Å². The van der Waals surface area contributed by atoms with Gasteiger partial charge in [-0.25, -0.2) is 4.98 Å². The Hall–Kier alpha value is -2.92. The van der Waals surface area contributed by atoms with Crippen molar-refractivity contribution in [3.05, 3.63) is 77.7 Å². The molecular formula is C21H23N3O2. The molecule has 1 heterocycles. The fourth-order valence-electron chi connectivity index (χ4n) is 2.86. The van der Waals surface area contributed by atoms with Crippen LogP contribution >= 0.6 is 0 Å². The number of oxazole rings is 1. The molecule has 0 spiro atoms. The van der Waals surface area contributed by atoms with E-state index in [-0.39, 0.29) is 11.9 Å². The number of aromatic nitrogens is 1. The second-order valence-corrected chi connectivity index (χ2v) is 6.39. The van der Waals surface area contributed by atoms with E-state index in [1.54, 1.807) is 6.92 Å². The molecule has 134 valence electrons. The Balaban J connectivity index is 1.73. The maximum absolute atomic E-state index is 12.6. The Labute approximate surface area is 153 Å². The van der Waals surface area contributed by atoms with E-state index in [0.717, 1.165) is 11.1 Å². The first-order valence-corrected chi connectivity index (χ1v) is 8.58. The predicted molar refractivity (Wildman–Crippen MR) is 102 cm³/mol. The molecular weight excluding hydrogens is 326 g/mol. The summed E-state index contributed by atoms with van der Waals surface area (Å²) >= 11 is 0. The van der Waals surface area contributed by atoms with Gasteiger partial charge in [0, 0.05) is 12.1 Å². The summed E-state index contributed by atoms with van der Waals surface area (Å²) in [6.07, 6.45) is 0. The zero-order valence-corrected chi connectivity index (χ0v) is 15.3. The molecule has 0 saturated heterocycles. The third kappa shape index (κ3) is 4.00. The molecule has 2 aromatic carbocycles.